The van der Waals surface area contributed by atoms with Crippen LogP contribution < -0.4 is 0 Å². The van der Waals surface area contributed by atoms with Crippen LogP contribution in [0.25, 0.3) is 0 Å². The van der Waals surface area contributed by atoms with Gasteiger partial charge in [-0.05, 0) is 12.3 Å². The zero-order valence-electron chi connectivity index (χ0n) is 9.45. The Morgan fingerprint density at radius 2 is 1.73 bits per heavy atom. The van der Waals surface area contributed by atoms with Gasteiger partial charge in [0.1, 0.15) is 0 Å². The van der Waals surface area contributed by atoms with E-state index in [0.29, 0.717) is 12.3 Å². The fraction of sp³-hybridized carbons (Fsp3) is 0.833. The lowest BCUT2D eigenvalue weighted by Gasteiger charge is -2.17. The maximum atomic E-state index is 5.75. The average molecular weight is 272 g/mol. The summed E-state index contributed by atoms with van der Waals surface area (Å²) < 4.78 is -1.14. The first-order chi connectivity index (χ1) is 6.99. The van der Waals surface area contributed by atoms with Crippen LogP contribution in [0.3, 0.4) is 0 Å². The van der Waals surface area contributed by atoms with E-state index in [0.717, 1.165) is 6.42 Å². The van der Waals surface area contributed by atoms with Gasteiger partial charge in [-0.2, -0.15) is 0 Å². The fourth-order valence-electron chi connectivity index (χ4n) is 1.61. The Hall–Kier alpha value is 0.610. The molecule has 3 heteroatoms. The summed E-state index contributed by atoms with van der Waals surface area (Å²) in [5, 5.41) is 0. The van der Waals surface area contributed by atoms with Gasteiger partial charge in [-0.15, -0.1) is 6.58 Å². The molecule has 0 saturated carbocycles. The lowest BCUT2D eigenvalue weighted by Crippen LogP contribution is -2.09. The van der Waals surface area contributed by atoms with Crippen LogP contribution in [0.5, 0.6) is 0 Å². The van der Waals surface area contributed by atoms with Crippen LogP contribution in [-0.2, 0) is 0 Å². The highest BCUT2D eigenvalue weighted by Crippen LogP contribution is 2.35. The number of allylic oxidation sites excluding steroid dienone is 1. The quantitative estimate of drug-likeness (QED) is 0.292. The first-order valence-electron chi connectivity index (χ1n) is 5.69. The van der Waals surface area contributed by atoms with Crippen LogP contribution in [0.4, 0.5) is 0 Å². The summed E-state index contributed by atoms with van der Waals surface area (Å²) in [6.45, 7) is 6.00. The van der Waals surface area contributed by atoms with E-state index in [1.54, 1.807) is 0 Å². The highest BCUT2D eigenvalue weighted by molar-refractivity contribution is 6.67. The predicted octanol–water partition coefficient (Wildman–Crippen LogP) is 5.91. The van der Waals surface area contributed by atoms with E-state index < -0.39 is 3.79 Å². The molecule has 0 amide bonds. The number of alkyl halides is 3. The third kappa shape index (κ3) is 10.9. The van der Waals surface area contributed by atoms with Crippen molar-refractivity contribution in [1.82, 2.24) is 0 Å². The molecule has 0 aliphatic heterocycles. The number of unbranched alkanes of at least 4 members (excludes halogenated alkanes) is 4. The molecule has 0 aromatic heterocycles. The minimum absolute atomic E-state index is 0.333. The maximum Gasteiger partial charge on any atom is 0.191 e. The third-order valence-electron chi connectivity index (χ3n) is 2.51. The molecule has 0 saturated heterocycles. The summed E-state index contributed by atoms with van der Waals surface area (Å²) >= 11 is 17.3. The Morgan fingerprint density at radius 1 is 1.13 bits per heavy atom. The van der Waals surface area contributed by atoms with Crippen LogP contribution in [0.1, 0.15) is 51.9 Å². The van der Waals surface area contributed by atoms with Gasteiger partial charge in [-0.25, -0.2) is 0 Å². The Kier molecular flexibility index (Phi) is 9.08. The molecule has 0 radical (unpaired) electrons. The SMILES string of the molecule is C=CC(CCCCCCC)CC(Cl)(Cl)Cl. The molecule has 1 unspecified atom stereocenters. The molecule has 0 fully saturated rings. The van der Waals surface area contributed by atoms with E-state index in [1.165, 1.54) is 32.1 Å². The molecule has 0 N–H and O–H groups in total. The number of hydrogen-bond acceptors (Lipinski definition) is 0. The summed E-state index contributed by atoms with van der Waals surface area (Å²) in [7, 11) is 0. The summed E-state index contributed by atoms with van der Waals surface area (Å²) in [5.74, 6) is 0.333. The van der Waals surface area contributed by atoms with Crippen molar-refractivity contribution in [3.05, 3.63) is 12.7 Å². The average Bonchev–Trinajstić information content (AvgIpc) is 2.14. The van der Waals surface area contributed by atoms with E-state index in [1.807, 2.05) is 6.08 Å². The van der Waals surface area contributed by atoms with Crippen molar-refractivity contribution < 1.29 is 0 Å². The molecule has 0 aliphatic rings. The lowest BCUT2D eigenvalue weighted by molar-refractivity contribution is 0.501. The van der Waals surface area contributed by atoms with E-state index in [9.17, 15) is 0 Å². The van der Waals surface area contributed by atoms with Crippen LogP contribution in [0, 0.1) is 5.92 Å². The lowest BCUT2D eigenvalue weighted by atomic mass is 9.98. The monoisotopic (exact) mass is 270 g/mol. The standard InChI is InChI=1S/C12H21Cl3/c1-3-5-6-7-8-9-11(4-2)10-12(13,14)15/h4,11H,2-3,5-10H2,1H3. The van der Waals surface area contributed by atoms with Crippen LogP contribution in [0.15, 0.2) is 12.7 Å². The summed E-state index contributed by atoms with van der Waals surface area (Å²) in [4.78, 5) is 0. The topological polar surface area (TPSA) is 0 Å². The summed E-state index contributed by atoms with van der Waals surface area (Å²) in [6, 6.07) is 0. The second-order valence-electron chi connectivity index (χ2n) is 4.02. The zero-order valence-corrected chi connectivity index (χ0v) is 11.7. The Balaban J connectivity index is 3.58. The van der Waals surface area contributed by atoms with Gasteiger partial charge in [0, 0.05) is 6.42 Å². The van der Waals surface area contributed by atoms with Gasteiger partial charge < -0.3 is 0 Å². The van der Waals surface area contributed by atoms with Gasteiger partial charge >= 0.3 is 0 Å². The van der Waals surface area contributed by atoms with Crippen molar-refractivity contribution in [3.63, 3.8) is 0 Å². The van der Waals surface area contributed by atoms with Crippen molar-refractivity contribution in [2.45, 2.75) is 55.7 Å². The maximum absolute atomic E-state index is 5.75. The summed E-state index contributed by atoms with van der Waals surface area (Å²) in [6.07, 6.45) is 9.96. The molecule has 0 spiro atoms. The number of hydrogen-bond donors (Lipinski definition) is 0. The highest BCUT2D eigenvalue weighted by atomic mass is 35.6. The molecule has 0 aliphatic carbocycles. The first-order valence-corrected chi connectivity index (χ1v) is 6.82. The normalized spacial score (nSPS) is 13.9. The van der Waals surface area contributed by atoms with Gasteiger partial charge in [0.25, 0.3) is 0 Å². The van der Waals surface area contributed by atoms with Crippen molar-refractivity contribution in [3.8, 4) is 0 Å². The molecule has 0 rings (SSSR count). The number of halogens is 3. The fourth-order valence-corrected chi connectivity index (χ4v) is 2.21. The molecule has 0 aromatic carbocycles. The largest absolute Gasteiger partial charge is 0.191 e. The van der Waals surface area contributed by atoms with Gasteiger partial charge in [0.15, 0.2) is 3.79 Å². The third-order valence-corrected chi connectivity index (χ3v) is 2.97. The molecule has 15 heavy (non-hydrogen) atoms. The molecule has 0 aromatic rings. The van der Waals surface area contributed by atoms with Crippen molar-refractivity contribution in [2.75, 3.05) is 0 Å². The molecule has 90 valence electrons. The van der Waals surface area contributed by atoms with E-state index in [4.69, 9.17) is 34.8 Å². The Morgan fingerprint density at radius 3 is 2.20 bits per heavy atom. The highest BCUT2D eigenvalue weighted by Gasteiger charge is 2.23. The van der Waals surface area contributed by atoms with Gasteiger partial charge in [-0.1, -0.05) is 79.9 Å². The molecular formula is C12H21Cl3. The van der Waals surface area contributed by atoms with Crippen molar-refractivity contribution >= 4 is 34.8 Å². The Labute approximate surface area is 109 Å². The zero-order chi connectivity index (χ0) is 11.7. The number of rotatable bonds is 8. The molecule has 0 nitrogen and oxygen atoms in total. The minimum atomic E-state index is -1.14. The molecule has 1 atom stereocenters. The smallest absolute Gasteiger partial charge is 0.103 e. The van der Waals surface area contributed by atoms with Crippen LogP contribution >= 0.6 is 34.8 Å². The molecule has 0 bridgehead atoms. The van der Waals surface area contributed by atoms with Crippen LogP contribution in [-0.4, -0.2) is 3.79 Å². The predicted molar refractivity (Wildman–Crippen MR) is 72.0 cm³/mol. The van der Waals surface area contributed by atoms with E-state index in [2.05, 4.69) is 13.5 Å². The van der Waals surface area contributed by atoms with Crippen LogP contribution in [0.2, 0.25) is 0 Å². The Bertz CT molecular complexity index is 161. The second kappa shape index (κ2) is 8.73. The van der Waals surface area contributed by atoms with Crippen molar-refractivity contribution in [2.24, 2.45) is 5.92 Å². The first kappa shape index (κ1) is 15.6. The summed E-state index contributed by atoms with van der Waals surface area (Å²) in [5.41, 5.74) is 0. The second-order valence-corrected chi connectivity index (χ2v) is 6.53. The van der Waals surface area contributed by atoms with E-state index >= 15 is 0 Å². The van der Waals surface area contributed by atoms with Crippen molar-refractivity contribution in [1.29, 1.82) is 0 Å². The van der Waals surface area contributed by atoms with Gasteiger partial charge in [-0.3, -0.25) is 0 Å². The van der Waals surface area contributed by atoms with Gasteiger partial charge in [0.05, 0.1) is 0 Å². The molecular weight excluding hydrogens is 250 g/mol. The molecule has 0 heterocycles. The minimum Gasteiger partial charge on any atom is -0.103 e. The van der Waals surface area contributed by atoms with Gasteiger partial charge in [0.2, 0.25) is 0 Å². The van der Waals surface area contributed by atoms with E-state index in [-0.39, 0.29) is 0 Å².